The van der Waals surface area contributed by atoms with E-state index in [0.717, 1.165) is 11.3 Å². The van der Waals surface area contributed by atoms with Crippen molar-refractivity contribution < 1.29 is 24.2 Å². The zero-order valence-corrected chi connectivity index (χ0v) is 15.9. The van der Waals surface area contributed by atoms with Gasteiger partial charge < -0.3 is 19.9 Å². The Morgan fingerprint density at radius 1 is 0.967 bits per heavy atom. The maximum atomic E-state index is 13.5. The van der Waals surface area contributed by atoms with Crippen LogP contribution in [-0.4, -0.2) is 30.2 Å². The molecule has 0 fully saturated rings. The number of ether oxygens (including phenoxy) is 2. The summed E-state index contributed by atoms with van der Waals surface area (Å²) < 4.78 is 11.3. The third-order valence-corrected chi connectivity index (χ3v) is 5.20. The van der Waals surface area contributed by atoms with Crippen molar-refractivity contribution in [1.29, 1.82) is 0 Å². The van der Waals surface area contributed by atoms with E-state index >= 15 is 0 Å². The Bertz CT molecular complexity index is 1140. The first kappa shape index (κ1) is 18.1. The second-order valence-electron chi connectivity index (χ2n) is 7.02. The van der Waals surface area contributed by atoms with Crippen LogP contribution in [0.1, 0.15) is 32.4 Å². The first-order chi connectivity index (χ1) is 14.6. The number of nitrogens with one attached hydrogen (secondary N) is 1. The molecule has 0 spiro atoms. The number of carbonyl (C=O) groups is 2. The van der Waals surface area contributed by atoms with E-state index in [9.17, 15) is 14.7 Å². The van der Waals surface area contributed by atoms with Gasteiger partial charge >= 0.3 is 5.97 Å². The molecule has 0 saturated heterocycles. The first-order valence-electron chi connectivity index (χ1n) is 9.54. The molecule has 2 heterocycles. The topological polar surface area (TPSA) is 88.1 Å². The minimum absolute atomic E-state index is 0.159. The summed E-state index contributed by atoms with van der Waals surface area (Å²) in [6.45, 7) is 0.939. The fraction of sp³-hybridized carbons (Fsp3) is 0.130. The van der Waals surface area contributed by atoms with Gasteiger partial charge in [0.15, 0.2) is 11.5 Å². The highest BCUT2D eigenvalue weighted by molar-refractivity contribution is 6.12. The van der Waals surface area contributed by atoms with E-state index in [1.54, 1.807) is 35.2 Å². The molecule has 0 radical (unpaired) electrons. The van der Waals surface area contributed by atoms with Gasteiger partial charge in [0, 0.05) is 11.8 Å². The van der Waals surface area contributed by atoms with Crippen molar-refractivity contribution in [2.45, 2.75) is 6.17 Å². The van der Waals surface area contributed by atoms with E-state index in [4.69, 9.17) is 9.47 Å². The molecule has 30 heavy (non-hydrogen) atoms. The van der Waals surface area contributed by atoms with Crippen LogP contribution in [0.15, 0.2) is 66.7 Å². The Balaban J connectivity index is 1.61. The van der Waals surface area contributed by atoms with Gasteiger partial charge in [-0.05, 0) is 42.0 Å². The molecule has 7 nitrogen and oxygen atoms in total. The number of carbonyl (C=O) groups excluding carboxylic acids is 1. The molecular formula is C23H18N2O5. The fourth-order valence-corrected chi connectivity index (χ4v) is 3.74. The number of benzene rings is 3. The maximum Gasteiger partial charge on any atom is 0.335 e. The number of hydrogen-bond acceptors (Lipinski definition) is 5. The highest BCUT2D eigenvalue weighted by atomic mass is 16.6. The van der Waals surface area contributed by atoms with Gasteiger partial charge in [0.25, 0.3) is 5.91 Å². The van der Waals surface area contributed by atoms with Crippen molar-refractivity contribution in [1.82, 2.24) is 0 Å². The van der Waals surface area contributed by atoms with Crippen LogP contribution >= 0.6 is 0 Å². The molecule has 0 bridgehead atoms. The monoisotopic (exact) mass is 402 g/mol. The highest BCUT2D eigenvalue weighted by Crippen LogP contribution is 2.40. The smallest absolute Gasteiger partial charge is 0.335 e. The molecule has 1 amide bonds. The summed E-state index contributed by atoms with van der Waals surface area (Å²) in [4.78, 5) is 26.3. The molecule has 3 aromatic rings. The van der Waals surface area contributed by atoms with E-state index in [1.165, 1.54) is 12.1 Å². The molecule has 7 heteroatoms. The summed E-state index contributed by atoms with van der Waals surface area (Å²) in [5.74, 6) is 0.0761. The minimum Gasteiger partial charge on any atom is -0.486 e. The highest BCUT2D eigenvalue weighted by Gasteiger charge is 2.34. The van der Waals surface area contributed by atoms with Crippen molar-refractivity contribution >= 4 is 23.3 Å². The van der Waals surface area contributed by atoms with E-state index in [1.807, 2.05) is 24.3 Å². The summed E-state index contributed by atoms with van der Waals surface area (Å²) in [5, 5.41) is 12.6. The number of rotatable bonds is 3. The van der Waals surface area contributed by atoms with Crippen LogP contribution in [0, 0.1) is 0 Å². The van der Waals surface area contributed by atoms with E-state index in [2.05, 4.69) is 5.32 Å². The minimum atomic E-state index is -0.997. The van der Waals surface area contributed by atoms with Crippen molar-refractivity contribution in [2.24, 2.45) is 0 Å². The van der Waals surface area contributed by atoms with Crippen molar-refractivity contribution in [2.75, 3.05) is 23.4 Å². The number of nitrogens with zero attached hydrogens (tertiary/aromatic N) is 1. The second-order valence-corrected chi connectivity index (χ2v) is 7.02. The quantitative estimate of drug-likeness (QED) is 0.690. The summed E-state index contributed by atoms with van der Waals surface area (Å²) in [7, 11) is 0. The molecule has 0 aromatic heterocycles. The van der Waals surface area contributed by atoms with Crippen LogP contribution in [0.25, 0.3) is 0 Å². The van der Waals surface area contributed by atoms with Crippen LogP contribution in [0.5, 0.6) is 11.5 Å². The van der Waals surface area contributed by atoms with E-state index in [0.29, 0.717) is 36.0 Å². The van der Waals surface area contributed by atoms with Gasteiger partial charge in [-0.1, -0.05) is 24.3 Å². The van der Waals surface area contributed by atoms with Crippen molar-refractivity contribution in [3.05, 3.63) is 83.4 Å². The Kier molecular flexibility index (Phi) is 4.28. The number of hydrogen-bond donors (Lipinski definition) is 2. The largest absolute Gasteiger partial charge is 0.486 e. The number of fused-ring (bicyclic) bond motifs is 2. The summed E-state index contributed by atoms with van der Waals surface area (Å²) in [6, 6.07) is 19.2. The second kappa shape index (κ2) is 7.11. The molecule has 2 aliphatic rings. The predicted molar refractivity (Wildman–Crippen MR) is 110 cm³/mol. The van der Waals surface area contributed by atoms with E-state index in [-0.39, 0.29) is 11.5 Å². The summed E-state index contributed by atoms with van der Waals surface area (Å²) >= 11 is 0. The Hall–Kier alpha value is -4.00. The lowest BCUT2D eigenvalue weighted by molar-refractivity contribution is 0.0696. The van der Waals surface area contributed by atoms with Crippen LogP contribution in [0.3, 0.4) is 0 Å². The first-order valence-corrected chi connectivity index (χ1v) is 9.54. The van der Waals surface area contributed by atoms with E-state index < -0.39 is 12.1 Å². The molecule has 1 atom stereocenters. The predicted octanol–water partition coefficient (Wildman–Crippen LogP) is 3.93. The Morgan fingerprint density at radius 2 is 1.70 bits per heavy atom. The molecule has 0 unspecified atom stereocenters. The molecule has 150 valence electrons. The third kappa shape index (κ3) is 3.00. The number of anilines is 2. The summed E-state index contributed by atoms with van der Waals surface area (Å²) in [5.41, 5.74) is 2.89. The number of carboxylic acid groups (broad SMARTS) is 1. The normalized spacial score (nSPS) is 17.1. The van der Waals surface area contributed by atoms with Gasteiger partial charge in [-0.2, -0.15) is 0 Å². The van der Waals surface area contributed by atoms with Crippen molar-refractivity contribution in [3.63, 3.8) is 0 Å². The maximum absolute atomic E-state index is 13.5. The lowest BCUT2D eigenvalue weighted by Gasteiger charge is -2.38. The Labute approximate surface area is 172 Å². The van der Waals surface area contributed by atoms with Gasteiger partial charge in [0.1, 0.15) is 19.4 Å². The molecular weight excluding hydrogens is 384 g/mol. The average molecular weight is 402 g/mol. The lowest BCUT2D eigenvalue weighted by atomic mass is 10.0. The molecule has 5 rings (SSSR count). The number of aromatic carboxylic acids is 1. The zero-order valence-electron chi connectivity index (χ0n) is 15.9. The van der Waals surface area contributed by atoms with Gasteiger partial charge in [0.05, 0.1) is 16.8 Å². The zero-order chi connectivity index (χ0) is 20.7. The van der Waals surface area contributed by atoms with Crippen LogP contribution in [-0.2, 0) is 0 Å². The fourth-order valence-electron chi connectivity index (χ4n) is 3.74. The third-order valence-electron chi connectivity index (χ3n) is 5.20. The molecule has 2 aliphatic heterocycles. The molecule has 0 saturated carbocycles. The molecule has 0 aliphatic carbocycles. The molecule has 3 aromatic carbocycles. The number of amides is 1. The van der Waals surface area contributed by atoms with Crippen LogP contribution in [0.4, 0.5) is 11.4 Å². The van der Waals surface area contributed by atoms with Gasteiger partial charge in [-0.3, -0.25) is 9.69 Å². The van der Waals surface area contributed by atoms with Crippen LogP contribution < -0.4 is 19.7 Å². The standard InChI is InChI=1S/C23H18N2O5/c26-22-17-3-1-2-4-18(17)24-21(14-5-7-15(8-6-14)23(27)28)25(22)16-9-10-19-20(13-16)30-12-11-29-19/h1-10,13,21,24H,11-12H2,(H,27,28)/t21-/m1/s1. The Morgan fingerprint density at radius 3 is 2.47 bits per heavy atom. The SMILES string of the molecule is O=C(O)c1ccc([C@@H]2Nc3ccccc3C(=O)N2c2ccc3c(c2)OCCO3)cc1. The lowest BCUT2D eigenvalue weighted by Crippen LogP contribution is -2.43. The van der Waals surface area contributed by atoms with Gasteiger partial charge in [-0.15, -0.1) is 0 Å². The van der Waals surface area contributed by atoms with Gasteiger partial charge in [-0.25, -0.2) is 4.79 Å². The van der Waals surface area contributed by atoms with Gasteiger partial charge in [0.2, 0.25) is 0 Å². The number of carboxylic acids is 1. The van der Waals surface area contributed by atoms with Crippen molar-refractivity contribution in [3.8, 4) is 11.5 Å². The molecule has 2 N–H and O–H groups in total. The number of para-hydroxylation sites is 1. The summed E-state index contributed by atoms with van der Waals surface area (Å²) in [6.07, 6.45) is -0.516. The average Bonchev–Trinajstić information content (AvgIpc) is 2.79. The van der Waals surface area contributed by atoms with Crippen LogP contribution in [0.2, 0.25) is 0 Å².